The molecule has 0 aromatic heterocycles. The molecular formula is C27H22N4O4S. The second-order valence-corrected chi connectivity index (χ2v) is 8.69. The van der Waals surface area contributed by atoms with Crippen LogP contribution in [0.3, 0.4) is 0 Å². The van der Waals surface area contributed by atoms with Crippen molar-refractivity contribution in [2.24, 2.45) is 10.1 Å². The van der Waals surface area contributed by atoms with E-state index in [0.717, 1.165) is 22.6 Å². The monoisotopic (exact) mass is 498 g/mol. The zero-order valence-corrected chi connectivity index (χ0v) is 20.2. The number of hydrazone groups is 1. The summed E-state index contributed by atoms with van der Waals surface area (Å²) < 4.78 is 16.5. The van der Waals surface area contributed by atoms with Crippen LogP contribution in [-0.4, -0.2) is 47.3 Å². The second-order valence-electron chi connectivity index (χ2n) is 7.73. The van der Waals surface area contributed by atoms with Gasteiger partial charge in [-0.1, -0.05) is 42.5 Å². The molecular weight excluding hydrogens is 476 g/mol. The van der Waals surface area contributed by atoms with Crippen molar-refractivity contribution in [1.82, 2.24) is 5.01 Å². The highest BCUT2D eigenvalue weighted by molar-refractivity contribution is 8.27. The number of hydrogen-bond donors (Lipinski definition) is 1. The van der Waals surface area contributed by atoms with Crippen molar-refractivity contribution in [2.45, 2.75) is 0 Å². The fourth-order valence-electron chi connectivity index (χ4n) is 3.51. The minimum atomic E-state index is -0.459. The van der Waals surface area contributed by atoms with Crippen molar-refractivity contribution in [2.75, 3.05) is 20.3 Å². The van der Waals surface area contributed by atoms with Crippen LogP contribution in [0.15, 0.2) is 94.5 Å². The molecule has 0 bridgehead atoms. The highest BCUT2D eigenvalue weighted by Gasteiger charge is 2.35. The van der Waals surface area contributed by atoms with Gasteiger partial charge in [-0.2, -0.15) is 15.1 Å². The number of aliphatic imine (C=N–C) groups is 1. The third-order valence-electron chi connectivity index (χ3n) is 5.35. The van der Waals surface area contributed by atoms with Crippen LogP contribution in [0, 0.1) is 5.41 Å². The van der Waals surface area contributed by atoms with Gasteiger partial charge in [-0.05, 0) is 59.8 Å². The van der Waals surface area contributed by atoms with Gasteiger partial charge in [-0.15, -0.1) is 0 Å². The molecule has 3 aromatic rings. The molecule has 8 nitrogen and oxygen atoms in total. The van der Waals surface area contributed by atoms with E-state index in [-0.39, 0.29) is 11.4 Å². The number of amidine groups is 2. The van der Waals surface area contributed by atoms with E-state index in [4.69, 9.17) is 19.6 Å². The number of thioether (sulfide) groups is 1. The number of hydrogen-bond acceptors (Lipinski definition) is 7. The molecule has 2 heterocycles. The highest BCUT2D eigenvalue weighted by Crippen LogP contribution is 2.31. The zero-order valence-electron chi connectivity index (χ0n) is 19.4. The Labute approximate surface area is 212 Å². The van der Waals surface area contributed by atoms with Gasteiger partial charge in [0.05, 0.1) is 12.7 Å². The van der Waals surface area contributed by atoms with Crippen LogP contribution in [0.25, 0.3) is 6.08 Å². The summed E-state index contributed by atoms with van der Waals surface area (Å²) in [6.07, 6.45) is 1.64. The second kappa shape index (κ2) is 10.5. The number of ether oxygens (including phenoxy) is 3. The van der Waals surface area contributed by atoms with Gasteiger partial charge in [0, 0.05) is 5.56 Å². The Balaban J connectivity index is 1.20. The predicted octanol–water partition coefficient (Wildman–Crippen LogP) is 4.82. The highest BCUT2D eigenvalue weighted by atomic mass is 32.2. The topological polar surface area (TPSA) is 96.6 Å². The molecule has 3 aromatic carbocycles. The Morgan fingerprint density at radius 1 is 0.889 bits per heavy atom. The number of rotatable bonds is 8. The summed E-state index contributed by atoms with van der Waals surface area (Å²) in [5.41, 5.74) is 1.84. The first-order valence-electron chi connectivity index (χ1n) is 11.2. The third-order valence-corrected chi connectivity index (χ3v) is 6.30. The SMILES string of the molecule is COc1ccc(OCCOc2ccc(/C=C3/C(=N)N4N=C(c5ccccc5)SC4=NC3=O)cc2)cc1. The Morgan fingerprint density at radius 3 is 2.14 bits per heavy atom. The van der Waals surface area contributed by atoms with Gasteiger partial charge in [0.2, 0.25) is 5.17 Å². The number of methoxy groups -OCH3 is 1. The molecule has 1 N–H and O–H groups in total. The number of nitrogens with one attached hydrogen (secondary N) is 1. The predicted molar refractivity (Wildman–Crippen MR) is 141 cm³/mol. The van der Waals surface area contributed by atoms with Crippen LogP contribution < -0.4 is 14.2 Å². The van der Waals surface area contributed by atoms with Crippen LogP contribution in [0.4, 0.5) is 0 Å². The number of amides is 1. The minimum Gasteiger partial charge on any atom is -0.497 e. The van der Waals surface area contributed by atoms with E-state index in [1.165, 1.54) is 16.8 Å². The first-order chi connectivity index (χ1) is 17.6. The van der Waals surface area contributed by atoms with Crippen LogP contribution in [0.2, 0.25) is 0 Å². The lowest BCUT2D eigenvalue weighted by Crippen LogP contribution is -2.35. The van der Waals surface area contributed by atoms with Crippen molar-refractivity contribution in [3.63, 3.8) is 0 Å². The number of nitrogens with zero attached hydrogens (tertiary/aromatic N) is 3. The van der Waals surface area contributed by atoms with E-state index in [9.17, 15) is 4.79 Å². The van der Waals surface area contributed by atoms with Gasteiger partial charge in [0.25, 0.3) is 5.91 Å². The maximum Gasteiger partial charge on any atom is 0.283 e. The summed E-state index contributed by atoms with van der Waals surface area (Å²) in [5, 5.41) is 15.5. The average Bonchev–Trinajstić information content (AvgIpc) is 3.35. The van der Waals surface area contributed by atoms with Crippen LogP contribution in [0.1, 0.15) is 11.1 Å². The van der Waals surface area contributed by atoms with E-state index in [2.05, 4.69) is 10.1 Å². The molecule has 9 heteroatoms. The van der Waals surface area contributed by atoms with Gasteiger partial charge < -0.3 is 14.2 Å². The lowest BCUT2D eigenvalue weighted by Gasteiger charge is -2.20. The summed E-state index contributed by atoms with van der Waals surface area (Å²) in [7, 11) is 1.62. The van der Waals surface area contributed by atoms with E-state index in [1.54, 1.807) is 13.2 Å². The number of carbonyl (C=O) groups excluding carboxylic acids is 1. The number of benzene rings is 3. The fourth-order valence-corrected chi connectivity index (χ4v) is 4.40. The molecule has 0 saturated carbocycles. The molecule has 180 valence electrons. The maximum absolute atomic E-state index is 12.7. The zero-order chi connectivity index (χ0) is 24.9. The Kier molecular flexibility index (Phi) is 6.81. The average molecular weight is 499 g/mol. The van der Waals surface area contributed by atoms with Gasteiger partial charge >= 0.3 is 0 Å². The van der Waals surface area contributed by atoms with E-state index in [0.29, 0.717) is 29.2 Å². The molecule has 36 heavy (non-hydrogen) atoms. The van der Waals surface area contributed by atoms with Gasteiger partial charge in [-0.3, -0.25) is 10.2 Å². The van der Waals surface area contributed by atoms with Crippen molar-refractivity contribution in [1.29, 1.82) is 5.41 Å². The Bertz CT molecular complexity index is 1370. The fraction of sp³-hybridized carbons (Fsp3) is 0.111. The van der Waals surface area contributed by atoms with Crippen LogP contribution >= 0.6 is 11.8 Å². The number of fused-ring (bicyclic) bond motifs is 1. The lowest BCUT2D eigenvalue weighted by molar-refractivity contribution is -0.114. The summed E-state index contributed by atoms with van der Waals surface area (Å²) in [6, 6.07) is 24.2. The van der Waals surface area contributed by atoms with E-state index >= 15 is 0 Å². The van der Waals surface area contributed by atoms with Crippen molar-refractivity contribution < 1.29 is 19.0 Å². The maximum atomic E-state index is 12.7. The summed E-state index contributed by atoms with van der Waals surface area (Å²) in [4.78, 5) is 16.8. The molecule has 5 rings (SSSR count). The smallest absolute Gasteiger partial charge is 0.283 e. The van der Waals surface area contributed by atoms with Crippen molar-refractivity contribution in [3.05, 3.63) is 95.6 Å². The van der Waals surface area contributed by atoms with E-state index in [1.807, 2.05) is 78.9 Å². The summed E-state index contributed by atoms with van der Waals surface area (Å²) >= 11 is 1.28. The lowest BCUT2D eigenvalue weighted by atomic mass is 10.1. The van der Waals surface area contributed by atoms with Crippen molar-refractivity contribution >= 4 is 39.8 Å². The first-order valence-corrected chi connectivity index (χ1v) is 12.0. The largest absolute Gasteiger partial charge is 0.497 e. The van der Waals surface area contributed by atoms with Gasteiger partial charge in [-0.25, -0.2) is 0 Å². The molecule has 0 spiro atoms. The summed E-state index contributed by atoms with van der Waals surface area (Å²) in [6.45, 7) is 0.769. The summed E-state index contributed by atoms with van der Waals surface area (Å²) in [5.74, 6) is 1.73. The normalized spacial score (nSPS) is 15.9. The molecule has 0 atom stereocenters. The molecule has 2 aliphatic rings. The number of carbonyl (C=O) groups is 1. The van der Waals surface area contributed by atoms with Crippen LogP contribution in [-0.2, 0) is 4.79 Å². The molecule has 0 unspecified atom stereocenters. The molecule has 0 radical (unpaired) electrons. The standard InChI is InChI=1S/C27H22N4O4S/c1-33-20-11-13-22(14-12-20)35-16-15-34-21-9-7-18(8-10-21)17-23-24(28)31-27(29-25(23)32)36-26(30-31)19-5-3-2-4-6-19/h2-14,17,28H,15-16H2,1H3/b23-17-,28-24?. The van der Waals surface area contributed by atoms with Crippen LogP contribution in [0.5, 0.6) is 17.2 Å². The molecule has 0 aliphatic carbocycles. The Morgan fingerprint density at radius 2 is 1.50 bits per heavy atom. The molecule has 0 saturated heterocycles. The minimum absolute atomic E-state index is 0.000520. The first kappa shape index (κ1) is 23.4. The molecule has 0 fully saturated rings. The third kappa shape index (κ3) is 5.16. The molecule has 1 amide bonds. The van der Waals surface area contributed by atoms with E-state index < -0.39 is 5.91 Å². The van der Waals surface area contributed by atoms with Gasteiger partial charge in [0.1, 0.15) is 35.5 Å². The quantitative estimate of drug-likeness (QED) is 0.353. The van der Waals surface area contributed by atoms with Crippen molar-refractivity contribution in [3.8, 4) is 17.2 Å². The Hall–Kier alpha value is -4.37. The van der Waals surface area contributed by atoms with Gasteiger partial charge in [0.15, 0.2) is 5.84 Å². The molecule has 2 aliphatic heterocycles.